The first-order valence-corrected chi connectivity index (χ1v) is 6.69. The van der Waals surface area contributed by atoms with E-state index >= 15 is 0 Å². The van der Waals surface area contributed by atoms with Crippen LogP contribution >= 0.6 is 0 Å². The van der Waals surface area contributed by atoms with Crippen LogP contribution < -0.4 is 15.5 Å². The molecule has 22 heavy (non-hydrogen) atoms. The molecule has 2 N–H and O–H groups in total. The summed E-state index contributed by atoms with van der Waals surface area (Å²) in [5.41, 5.74) is 1.11. The predicted molar refractivity (Wildman–Crippen MR) is 81.4 cm³/mol. The largest absolute Gasteiger partial charge is 0.376 e. The Balaban J connectivity index is 1.80. The second kappa shape index (κ2) is 7.30. The van der Waals surface area contributed by atoms with E-state index in [4.69, 9.17) is 0 Å². The Labute approximate surface area is 127 Å². The Morgan fingerprint density at radius 1 is 1.23 bits per heavy atom. The molecule has 0 saturated carbocycles. The van der Waals surface area contributed by atoms with Crippen LogP contribution in [-0.2, 0) is 0 Å². The van der Waals surface area contributed by atoms with Gasteiger partial charge in [-0.2, -0.15) is 5.10 Å². The summed E-state index contributed by atoms with van der Waals surface area (Å²) in [6, 6.07) is 2.99. The Morgan fingerprint density at radius 3 is 2.77 bits per heavy atom. The second-order valence-corrected chi connectivity index (χ2v) is 4.77. The zero-order valence-electron chi connectivity index (χ0n) is 12.4. The molecule has 0 atom stereocenters. The molecule has 0 spiro atoms. The molecule has 2 heterocycles. The molecule has 7 nitrogen and oxygen atoms in total. The summed E-state index contributed by atoms with van der Waals surface area (Å²) in [6.07, 6.45) is 4.02. The minimum atomic E-state index is -0.540. The van der Waals surface area contributed by atoms with E-state index in [0.717, 1.165) is 18.0 Å². The summed E-state index contributed by atoms with van der Waals surface area (Å²) in [6.45, 7) is 0.837. The first kappa shape index (κ1) is 15.6. The molecule has 0 unspecified atom stereocenters. The molecule has 0 aromatic carbocycles. The SMILES string of the molecule is CN(C)c1cnnc(NCCNC(=O)c2cncc(F)c2)c1. The van der Waals surface area contributed by atoms with Crippen molar-refractivity contribution in [3.05, 3.63) is 42.1 Å². The lowest BCUT2D eigenvalue weighted by molar-refractivity contribution is 0.0954. The van der Waals surface area contributed by atoms with Gasteiger partial charge >= 0.3 is 0 Å². The number of carbonyl (C=O) groups is 1. The van der Waals surface area contributed by atoms with Gasteiger partial charge in [0.05, 0.1) is 23.6 Å². The van der Waals surface area contributed by atoms with Gasteiger partial charge in [-0.05, 0) is 6.07 Å². The van der Waals surface area contributed by atoms with Crippen LogP contribution in [0, 0.1) is 5.82 Å². The summed E-state index contributed by atoms with van der Waals surface area (Å²) in [5.74, 6) is -0.295. The third-order valence-electron chi connectivity index (χ3n) is 2.84. The lowest BCUT2D eigenvalue weighted by Gasteiger charge is -2.13. The van der Waals surface area contributed by atoms with E-state index in [2.05, 4.69) is 25.8 Å². The van der Waals surface area contributed by atoms with Gasteiger partial charge in [0.2, 0.25) is 0 Å². The van der Waals surface area contributed by atoms with Gasteiger partial charge in [0.25, 0.3) is 5.91 Å². The van der Waals surface area contributed by atoms with Gasteiger partial charge in [-0.15, -0.1) is 5.10 Å². The van der Waals surface area contributed by atoms with Crippen molar-refractivity contribution < 1.29 is 9.18 Å². The van der Waals surface area contributed by atoms with Gasteiger partial charge in [-0.1, -0.05) is 0 Å². The van der Waals surface area contributed by atoms with E-state index in [1.807, 2.05) is 25.1 Å². The van der Waals surface area contributed by atoms with Crippen molar-refractivity contribution in [2.75, 3.05) is 37.4 Å². The Bertz CT molecular complexity index is 649. The van der Waals surface area contributed by atoms with E-state index in [0.29, 0.717) is 18.9 Å². The molecule has 116 valence electrons. The molecular formula is C14H17FN6O. The fourth-order valence-electron chi connectivity index (χ4n) is 1.69. The second-order valence-electron chi connectivity index (χ2n) is 4.77. The average molecular weight is 304 g/mol. The van der Waals surface area contributed by atoms with Crippen molar-refractivity contribution in [3.63, 3.8) is 0 Å². The summed E-state index contributed by atoms with van der Waals surface area (Å²) in [5, 5.41) is 13.6. The van der Waals surface area contributed by atoms with Gasteiger partial charge < -0.3 is 15.5 Å². The molecule has 8 heteroatoms. The highest BCUT2D eigenvalue weighted by atomic mass is 19.1. The highest BCUT2D eigenvalue weighted by Gasteiger charge is 2.06. The van der Waals surface area contributed by atoms with Gasteiger partial charge in [-0.25, -0.2) is 4.39 Å². The summed E-state index contributed by atoms with van der Waals surface area (Å²) < 4.78 is 13.0. The number of nitrogens with zero attached hydrogens (tertiary/aromatic N) is 4. The van der Waals surface area contributed by atoms with Crippen molar-refractivity contribution >= 4 is 17.4 Å². The molecule has 0 fully saturated rings. The Hall–Kier alpha value is -2.77. The normalized spacial score (nSPS) is 10.1. The smallest absolute Gasteiger partial charge is 0.253 e. The lowest BCUT2D eigenvalue weighted by Crippen LogP contribution is -2.29. The van der Waals surface area contributed by atoms with E-state index in [1.54, 1.807) is 6.20 Å². The number of halogens is 1. The van der Waals surface area contributed by atoms with E-state index in [-0.39, 0.29) is 11.5 Å². The van der Waals surface area contributed by atoms with Crippen molar-refractivity contribution in [1.82, 2.24) is 20.5 Å². The van der Waals surface area contributed by atoms with Crippen molar-refractivity contribution in [2.45, 2.75) is 0 Å². The molecule has 2 rings (SSSR count). The van der Waals surface area contributed by atoms with E-state index in [9.17, 15) is 9.18 Å². The number of rotatable bonds is 6. The third-order valence-corrected chi connectivity index (χ3v) is 2.84. The number of anilines is 2. The number of nitrogens with one attached hydrogen (secondary N) is 2. The molecule has 2 aromatic rings. The lowest BCUT2D eigenvalue weighted by atomic mass is 10.2. The van der Waals surface area contributed by atoms with Gasteiger partial charge in [0.1, 0.15) is 5.82 Å². The highest BCUT2D eigenvalue weighted by molar-refractivity contribution is 5.93. The van der Waals surface area contributed by atoms with E-state index in [1.165, 1.54) is 6.20 Å². The maximum Gasteiger partial charge on any atom is 0.253 e. The molecule has 2 aromatic heterocycles. The van der Waals surface area contributed by atoms with Crippen LogP contribution in [0.25, 0.3) is 0 Å². The molecule has 0 saturated heterocycles. The van der Waals surface area contributed by atoms with Crippen molar-refractivity contribution in [3.8, 4) is 0 Å². The highest BCUT2D eigenvalue weighted by Crippen LogP contribution is 2.12. The molecule has 0 aliphatic rings. The van der Waals surface area contributed by atoms with Crippen LogP contribution in [0.1, 0.15) is 10.4 Å². The van der Waals surface area contributed by atoms with Crippen LogP contribution in [0.2, 0.25) is 0 Å². The van der Waals surface area contributed by atoms with Crippen molar-refractivity contribution in [1.29, 1.82) is 0 Å². The number of pyridine rings is 1. The zero-order valence-corrected chi connectivity index (χ0v) is 12.4. The quantitative estimate of drug-likeness (QED) is 0.772. The molecule has 0 aliphatic carbocycles. The number of hydrogen-bond acceptors (Lipinski definition) is 6. The number of amides is 1. The predicted octanol–water partition coefficient (Wildman–Crippen LogP) is 0.919. The van der Waals surface area contributed by atoms with Gasteiger partial charge in [0.15, 0.2) is 5.82 Å². The number of hydrogen-bond donors (Lipinski definition) is 2. The molecule has 1 amide bonds. The third kappa shape index (κ3) is 4.37. The summed E-state index contributed by atoms with van der Waals surface area (Å²) in [7, 11) is 3.82. The Kier molecular flexibility index (Phi) is 5.18. The molecular weight excluding hydrogens is 287 g/mol. The average Bonchev–Trinajstić information content (AvgIpc) is 2.51. The number of aromatic nitrogens is 3. The van der Waals surface area contributed by atoms with E-state index < -0.39 is 5.82 Å². The fourth-order valence-corrected chi connectivity index (χ4v) is 1.69. The first-order valence-electron chi connectivity index (χ1n) is 6.69. The zero-order chi connectivity index (χ0) is 15.9. The monoisotopic (exact) mass is 304 g/mol. The fraction of sp³-hybridized carbons (Fsp3) is 0.286. The Morgan fingerprint density at radius 2 is 2.05 bits per heavy atom. The maximum atomic E-state index is 13.0. The van der Waals surface area contributed by atoms with Crippen LogP contribution in [0.4, 0.5) is 15.9 Å². The van der Waals surface area contributed by atoms with Crippen LogP contribution in [0.5, 0.6) is 0 Å². The first-order chi connectivity index (χ1) is 10.6. The molecule has 0 radical (unpaired) electrons. The van der Waals surface area contributed by atoms with Crippen LogP contribution in [-0.4, -0.2) is 48.3 Å². The standard InChI is InChI=1S/C14H17FN6O/c1-21(2)12-6-13(20-19-9-12)17-3-4-18-14(22)10-5-11(15)8-16-7-10/h5-9H,3-4H2,1-2H3,(H,17,20)(H,18,22). The topological polar surface area (TPSA) is 83.0 Å². The van der Waals surface area contributed by atoms with Crippen molar-refractivity contribution in [2.24, 2.45) is 0 Å². The van der Waals surface area contributed by atoms with Gasteiger partial charge in [-0.3, -0.25) is 9.78 Å². The molecule has 0 bridgehead atoms. The number of carbonyl (C=O) groups excluding carboxylic acids is 1. The minimum Gasteiger partial charge on any atom is -0.376 e. The van der Waals surface area contributed by atoms with Crippen LogP contribution in [0.3, 0.4) is 0 Å². The van der Waals surface area contributed by atoms with Gasteiger partial charge in [0, 0.05) is 39.4 Å². The molecule has 0 aliphatic heterocycles. The summed E-state index contributed by atoms with van der Waals surface area (Å²) in [4.78, 5) is 17.3. The summed E-state index contributed by atoms with van der Waals surface area (Å²) >= 11 is 0. The minimum absolute atomic E-state index is 0.189. The van der Waals surface area contributed by atoms with Crippen LogP contribution in [0.15, 0.2) is 30.7 Å². The maximum absolute atomic E-state index is 13.0.